The summed E-state index contributed by atoms with van der Waals surface area (Å²) in [4.78, 5) is 4.34. The molecular weight excluding hydrogens is 172 g/mol. The molecule has 0 aliphatic carbocycles. The molecule has 1 rings (SSSR count). The first-order valence-electron chi connectivity index (χ1n) is 4.79. The maximum absolute atomic E-state index is 8.33. The van der Waals surface area contributed by atoms with E-state index in [-0.39, 0.29) is 0 Å². The van der Waals surface area contributed by atoms with Crippen LogP contribution in [0.4, 0.5) is 5.69 Å². The number of benzene rings is 1. The molecular formula is C12H14N2. The predicted molar refractivity (Wildman–Crippen MR) is 58.8 cm³/mol. The van der Waals surface area contributed by atoms with Crippen LogP contribution in [0.25, 0.3) is 0 Å². The van der Waals surface area contributed by atoms with E-state index in [4.69, 9.17) is 5.26 Å². The van der Waals surface area contributed by atoms with E-state index in [9.17, 15) is 0 Å². The zero-order chi connectivity index (χ0) is 10.2. The zero-order valence-corrected chi connectivity index (χ0v) is 8.40. The van der Waals surface area contributed by atoms with Crippen LogP contribution in [-0.2, 0) is 0 Å². The van der Waals surface area contributed by atoms with Crippen molar-refractivity contribution >= 4 is 11.9 Å². The zero-order valence-electron chi connectivity index (χ0n) is 8.40. The molecule has 14 heavy (non-hydrogen) atoms. The van der Waals surface area contributed by atoms with Crippen molar-refractivity contribution < 1.29 is 0 Å². The minimum Gasteiger partial charge on any atom is -0.261 e. The number of unbranched alkanes of at least 4 members (excludes halogenated alkanes) is 2. The van der Waals surface area contributed by atoms with Crippen molar-refractivity contribution in [3.8, 4) is 6.07 Å². The van der Waals surface area contributed by atoms with Gasteiger partial charge in [-0.3, -0.25) is 4.99 Å². The fourth-order valence-electron chi connectivity index (χ4n) is 1.14. The van der Waals surface area contributed by atoms with Gasteiger partial charge in [-0.25, -0.2) is 0 Å². The molecule has 0 amide bonds. The lowest BCUT2D eigenvalue weighted by Gasteiger charge is -1.97. The van der Waals surface area contributed by atoms with Crippen LogP contribution in [-0.4, -0.2) is 6.21 Å². The van der Waals surface area contributed by atoms with Crippen molar-refractivity contribution in [2.45, 2.75) is 26.2 Å². The molecule has 1 aromatic rings. The highest BCUT2D eigenvalue weighted by atomic mass is 14.7. The molecule has 2 nitrogen and oxygen atoms in total. The molecule has 0 radical (unpaired) electrons. The molecule has 0 saturated heterocycles. The Bertz CT molecular complexity index is 348. The summed E-state index contributed by atoms with van der Waals surface area (Å²) in [6.45, 7) is 2.04. The van der Waals surface area contributed by atoms with Gasteiger partial charge in [-0.15, -0.1) is 0 Å². The molecule has 0 bridgehead atoms. The van der Waals surface area contributed by atoms with Gasteiger partial charge in [-0.1, -0.05) is 18.2 Å². The quantitative estimate of drug-likeness (QED) is 0.524. The first-order valence-corrected chi connectivity index (χ1v) is 4.79. The number of nitrogens with zero attached hydrogens (tertiary/aromatic N) is 2. The van der Waals surface area contributed by atoms with Gasteiger partial charge in [0.25, 0.3) is 0 Å². The topological polar surface area (TPSA) is 36.1 Å². The Morgan fingerprint density at radius 2 is 2.21 bits per heavy atom. The number of aliphatic imine (C=N–C) groups is 1. The Kier molecular flexibility index (Phi) is 4.43. The van der Waals surface area contributed by atoms with Gasteiger partial charge in [0.15, 0.2) is 0 Å². The SMILES string of the molecule is Cc1ccccc1N=CCCCC#N. The third-order valence-electron chi connectivity index (χ3n) is 1.97. The second kappa shape index (κ2) is 5.93. The maximum atomic E-state index is 8.33. The predicted octanol–water partition coefficient (Wildman–Crippen LogP) is 3.39. The van der Waals surface area contributed by atoms with E-state index in [1.165, 1.54) is 5.56 Å². The molecule has 0 heterocycles. The second-order valence-corrected chi connectivity index (χ2v) is 3.15. The molecule has 0 spiro atoms. The number of hydrogen-bond acceptors (Lipinski definition) is 2. The highest BCUT2D eigenvalue weighted by Gasteiger charge is 1.91. The average molecular weight is 186 g/mol. The maximum Gasteiger partial charge on any atom is 0.0654 e. The van der Waals surface area contributed by atoms with Crippen molar-refractivity contribution in [3.63, 3.8) is 0 Å². The first kappa shape index (κ1) is 10.5. The van der Waals surface area contributed by atoms with Gasteiger partial charge in [-0.05, 0) is 31.4 Å². The Morgan fingerprint density at radius 1 is 1.43 bits per heavy atom. The summed E-state index contributed by atoms with van der Waals surface area (Å²) < 4.78 is 0. The van der Waals surface area contributed by atoms with Crippen LogP contribution >= 0.6 is 0 Å². The van der Waals surface area contributed by atoms with E-state index < -0.39 is 0 Å². The highest BCUT2D eigenvalue weighted by molar-refractivity contribution is 5.64. The van der Waals surface area contributed by atoms with Crippen LogP contribution in [0.5, 0.6) is 0 Å². The third-order valence-corrected chi connectivity index (χ3v) is 1.97. The average Bonchev–Trinajstić information content (AvgIpc) is 2.20. The van der Waals surface area contributed by atoms with E-state index in [2.05, 4.69) is 11.1 Å². The van der Waals surface area contributed by atoms with Gasteiger partial charge < -0.3 is 0 Å². The molecule has 0 atom stereocenters. The summed E-state index contributed by atoms with van der Waals surface area (Å²) in [5, 5.41) is 8.33. The lowest BCUT2D eigenvalue weighted by atomic mass is 10.2. The standard InChI is InChI=1S/C12H14N2/c1-11-7-3-4-8-12(11)14-10-6-2-5-9-13/h3-4,7-8,10H,2,5-6H2,1H3. The smallest absolute Gasteiger partial charge is 0.0654 e. The molecule has 0 N–H and O–H groups in total. The Morgan fingerprint density at radius 3 is 2.93 bits per heavy atom. The summed E-state index contributed by atoms with van der Waals surface area (Å²) in [5.41, 5.74) is 2.20. The summed E-state index contributed by atoms with van der Waals surface area (Å²) in [5.74, 6) is 0. The van der Waals surface area contributed by atoms with Crippen LogP contribution in [0.2, 0.25) is 0 Å². The molecule has 0 aromatic heterocycles. The molecule has 0 saturated carbocycles. The molecule has 1 aromatic carbocycles. The molecule has 0 aliphatic rings. The van der Waals surface area contributed by atoms with Crippen LogP contribution in [0.3, 0.4) is 0 Å². The summed E-state index contributed by atoms with van der Waals surface area (Å²) >= 11 is 0. The summed E-state index contributed by atoms with van der Waals surface area (Å²) in [6, 6.07) is 10.1. The van der Waals surface area contributed by atoms with Crippen molar-refractivity contribution in [3.05, 3.63) is 29.8 Å². The van der Waals surface area contributed by atoms with Gasteiger partial charge >= 0.3 is 0 Å². The number of nitriles is 1. The van der Waals surface area contributed by atoms with Crippen molar-refractivity contribution in [1.82, 2.24) is 0 Å². The van der Waals surface area contributed by atoms with Crippen LogP contribution in [0.15, 0.2) is 29.3 Å². The van der Waals surface area contributed by atoms with Crippen molar-refractivity contribution in [2.24, 2.45) is 4.99 Å². The minimum atomic E-state index is 0.611. The van der Waals surface area contributed by atoms with E-state index in [1.807, 2.05) is 37.4 Å². The fraction of sp³-hybridized carbons (Fsp3) is 0.333. The third kappa shape index (κ3) is 3.40. The Balaban J connectivity index is 2.45. The number of aryl methyl sites for hydroxylation is 1. The van der Waals surface area contributed by atoms with Gasteiger partial charge in [0, 0.05) is 12.6 Å². The van der Waals surface area contributed by atoms with Crippen molar-refractivity contribution in [2.75, 3.05) is 0 Å². The molecule has 0 unspecified atom stereocenters. The Hall–Kier alpha value is -1.62. The van der Waals surface area contributed by atoms with Crippen LogP contribution < -0.4 is 0 Å². The molecule has 0 fully saturated rings. The number of hydrogen-bond donors (Lipinski definition) is 0. The van der Waals surface area contributed by atoms with E-state index in [0.29, 0.717) is 6.42 Å². The van der Waals surface area contributed by atoms with Gasteiger partial charge in [0.1, 0.15) is 0 Å². The second-order valence-electron chi connectivity index (χ2n) is 3.15. The van der Waals surface area contributed by atoms with Gasteiger partial charge in [-0.2, -0.15) is 5.26 Å². The van der Waals surface area contributed by atoms with E-state index in [1.54, 1.807) is 0 Å². The van der Waals surface area contributed by atoms with Gasteiger partial charge in [0.05, 0.1) is 11.8 Å². The molecule has 72 valence electrons. The molecule has 2 heteroatoms. The fourth-order valence-corrected chi connectivity index (χ4v) is 1.14. The monoisotopic (exact) mass is 186 g/mol. The molecule has 0 aliphatic heterocycles. The Labute approximate surface area is 84.9 Å². The number of rotatable bonds is 4. The highest BCUT2D eigenvalue weighted by Crippen LogP contribution is 2.16. The van der Waals surface area contributed by atoms with Crippen molar-refractivity contribution in [1.29, 1.82) is 5.26 Å². The van der Waals surface area contributed by atoms with E-state index in [0.717, 1.165) is 18.5 Å². The lowest BCUT2D eigenvalue weighted by molar-refractivity contribution is 0.912. The van der Waals surface area contributed by atoms with E-state index >= 15 is 0 Å². The van der Waals surface area contributed by atoms with Crippen LogP contribution in [0.1, 0.15) is 24.8 Å². The summed E-state index contributed by atoms with van der Waals surface area (Å²) in [6.07, 6.45) is 4.27. The summed E-state index contributed by atoms with van der Waals surface area (Å²) in [7, 11) is 0. The minimum absolute atomic E-state index is 0.611. The van der Waals surface area contributed by atoms with Crippen LogP contribution in [0, 0.1) is 18.3 Å². The van der Waals surface area contributed by atoms with Gasteiger partial charge in [0.2, 0.25) is 0 Å². The first-order chi connectivity index (χ1) is 6.84. The lowest BCUT2D eigenvalue weighted by Crippen LogP contribution is -1.77. The normalized spacial score (nSPS) is 10.3. The number of para-hydroxylation sites is 1. The largest absolute Gasteiger partial charge is 0.261 e.